The van der Waals surface area contributed by atoms with Crippen LogP contribution >= 0.6 is 11.3 Å². The molecule has 3 saturated heterocycles. The lowest BCUT2D eigenvalue weighted by Crippen LogP contribution is -2.57. The van der Waals surface area contributed by atoms with E-state index < -0.39 is 0 Å². The van der Waals surface area contributed by atoms with Gasteiger partial charge in [-0.1, -0.05) is 12.1 Å². The maximum atomic E-state index is 12.5. The summed E-state index contributed by atoms with van der Waals surface area (Å²) in [7, 11) is 0. The van der Waals surface area contributed by atoms with Crippen molar-refractivity contribution in [1.82, 2.24) is 10.2 Å². The summed E-state index contributed by atoms with van der Waals surface area (Å²) in [5, 5.41) is 13.2. The first kappa shape index (κ1) is 14.7. The lowest BCUT2D eigenvalue weighted by Gasteiger charge is -2.44. The van der Waals surface area contributed by atoms with E-state index in [0.717, 1.165) is 17.0 Å². The van der Waals surface area contributed by atoms with Crippen LogP contribution in [0.2, 0.25) is 0 Å². The summed E-state index contributed by atoms with van der Waals surface area (Å²) in [5.41, 5.74) is 0.777. The highest BCUT2D eigenvalue weighted by molar-refractivity contribution is 7.17. The molecule has 0 radical (unpaired) electrons. The van der Waals surface area contributed by atoms with E-state index in [2.05, 4.69) is 10.2 Å². The van der Waals surface area contributed by atoms with Crippen LogP contribution in [0.15, 0.2) is 36.4 Å². The van der Waals surface area contributed by atoms with Crippen LogP contribution in [0.25, 0.3) is 10.4 Å². The Morgan fingerprint density at radius 1 is 1.17 bits per heavy atom. The molecule has 1 atom stereocenters. The molecule has 3 aliphatic heterocycles. The van der Waals surface area contributed by atoms with Gasteiger partial charge < -0.3 is 15.3 Å². The van der Waals surface area contributed by atoms with Crippen LogP contribution in [0, 0.1) is 5.92 Å². The van der Waals surface area contributed by atoms with Gasteiger partial charge in [0.25, 0.3) is 5.91 Å². The normalized spacial score (nSPS) is 26.2. The zero-order valence-electron chi connectivity index (χ0n) is 12.9. The first-order valence-corrected chi connectivity index (χ1v) is 8.94. The minimum absolute atomic E-state index is 0.00965. The summed E-state index contributed by atoms with van der Waals surface area (Å²) in [6, 6.07) is 11.3. The first-order valence-electron chi connectivity index (χ1n) is 8.12. The van der Waals surface area contributed by atoms with Crippen LogP contribution in [0.3, 0.4) is 0 Å². The van der Waals surface area contributed by atoms with Crippen LogP contribution < -0.4 is 5.32 Å². The van der Waals surface area contributed by atoms with Gasteiger partial charge in [-0.15, -0.1) is 11.3 Å². The maximum Gasteiger partial charge on any atom is 0.261 e. The Hall–Kier alpha value is -1.85. The third-order valence-electron chi connectivity index (χ3n) is 4.97. The average molecular weight is 328 g/mol. The molecule has 1 aromatic heterocycles. The molecule has 0 aliphatic carbocycles. The summed E-state index contributed by atoms with van der Waals surface area (Å²) in [4.78, 5) is 16.6. The second-order valence-corrected chi connectivity index (χ2v) is 7.48. The molecule has 5 heteroatoms. The highest BCUT2D eigenvalue weighted by atomic mass is 32.1. The van der Waals surface area contributed by atoms with E-state index in [1.165, 1.54) is 37.3 Å². The minimum atomic E-state index is 0.00965. The highest BCUT2D eigenvalue weighted by Crippen LogP contribution is 2.34. The average Bonchev–Trinajstić information content (AvgIpc) is 3.06. The van der Waals surface area contributed by atoms with Crippen molar-refractivity contribution in [2.45, 2.75) is 18.9 Å². The molecule has 4 heterocycles. The summed E-state index contributed by atoms with van der Waals surface area (Å²) in [6.07, 6.45) is 2.39. The van der Waals surface area contributed by atoms with Gasteiger partial charge >= 0.3 is 0 Å². The van der Waals surface area contributed by atoms with Crippen molar-refractivity contribution < 1.29 is 9.90 Å². The van der Waals surface area contributed by atoms with Gasteiger partial charge in [-0.2, -0.15) is 0 Å². The molecule has 0 spiro atoms. The Balaban J connectivity index is 1.48. The Morgan fingerprint density at radius 2 is 1.96 bits per heavy atom. The number of phenols is 1. The molecule has 4 nitrogen and oxygen atoms in total. The number of amides is 1. The van der Waals surface area contributed by atoms with Crippen molar-refractivity contribution in [3.8, 4) is 16.2 Å². The second kappa shape index (κ2) is 5.98. The van der Waals surface area contributed by atoms with Crippen LogP contribution in [0.1, 0.15) is 22.5 Å². The number of piperidine rings is 3. The van der Waals surface area contributed by atoms with Gasteiger partial charge in [0.15, 0.2) is 0 Å². The van der Waals surface area contributed by atoms with Crippen molar-refractivity contribution in [2.75, 3.05) is 19.6 Å². The zero-order valence-corrected chi connectivity index (χ0v) is 13.7. The Labute approximate surface area is 139 Å². The molecular weight excluding hydrogens is 308 g/mol. The van der Waals surface area contributed by atoms with Crippen molar-refractivity contribution >= 4 is 17.2 Å². The quantitative estimate of drug-likeness (QED) is 0.911. The van der Waals surface area contributed by atoms with Gasteiger partial charge in [0.2, 0.25) is 0 Å². The van der Waals surface area contributed by atoms with E-state index in [0.29, 0.717) is 10.8 Å². The number of rotatable bonds is 3. The summed E-state index contributed by atoms with van der Waals surface area (Å²) < 4.78 is 0. The summed E-state index contributed by atoms with van der Waals surface area (Å²) in [5.74, 6) is 0.885. The number of phenolic OH excluding ortho intramolecular Hbond substituents is 1. The largest absolute Gasteiger partial charge is 0.507 e. The number of aromatic hydroxyl groups is 1. The highest BCUT2D eigenvalue weighted by Gasteiger charge is 2.35. The summed E-state index contributed by atoms with van der Waals surface area (Å²) >= 11 is 1.43. The number of carbonyl (C=O) groups is 1. The van der Waals surface area contributed by atoms with Crippen LogP contribution in [-0.2, 0) is 0 Å². The van der Waals surface area contributed by atoms with E-state index in [-0.39, 0.29) is 17.7 Å². The van der Waals surface area contributed by atoms with Gasteiger partial charge in [0.1, 0.15) is 5.75 Å². The van der Waals surface area contributed by atoms with E-state index in [1.54, 1.807) is 12.1 Å². The van der Waals surface area contributed by atoms with Gasteiger partial charge in [0, 0.05) is 23.0 Å². The molecule has 3 fully saturated rings. The molecule has 3 aliphatic rings. The molecule has 2 bridgehead atoms. The molecule has 1 aromatic carbocycles. The predicted octanol–water partition coefficient (Wildman–Crippen LogP) is 2.94. The lowest BCUT2D eigenvalue weighted by atomic mass is 9.84. The maximum absolute atomic E-state index is 12.5. The molecular formula is C18H20N2O2S. The predicted molar refractivity (Wildman–Crippen MR) is 91.8 cm³/mol. The SMILES string of the molecule is O=C(NC1CN2CCC1CC2)c1ccc(-c2ccccc2O)s1. The number of para-hydroxylation sites is 1. The van der Waals surface area contributed by atoms with Crippen LogP contribution in [0.5, 0.6) is 5.75 Å². The van der Waals surface area contributed by atoms with E-state index >= 15 is 0 Å². The number of thiophene rings is 1. The number of nitrogens with zero attached hydrogens (tertiary/aromatic N) is 1. The fourth-order valence-corrected chi connectivity index (χ4v) is 4.60. The van der Waals surface area contributed by atoms with Crippen molar-refractivity contribution in [3.05, 3.63) is 41.3 Å². The molecule has 23 heavy (non-hydrogen) atoms. The fraction of sp³-hybridized carbons (Fsp3) is 0.389. The standard InChI is InChI=1S/C18H20N2O2S/c21-15-4-2-1-3-13(15)16-5-6-17(23-16)18(22)19-14-11-20-9-7-12(14)8-10-20/h1-6,12,14,21H,7-11H2,(H,19,22). The lowest BCUT2D eigenvalue weighted by molar-refractivity contribution is 0.0622. The third-order valence-corrected chi connectivity index (χ3v) is 6.09. The first-order chi connectivity index (χ1) is 11.2. The molecule has 2 aromatic rings. The van der Waals surface area contributed by atoms with Crippen molar-refractivity contribution in [3.63, 3.8) is 0 Å². The van der Waals surface area contributed by atoms with Crippen molar-refractivity contribution in [2.24, 2.45) is 5.92 Å². The van der Waals surface area contributed by atoms with E-state index in [4.69, 9.17) is 0 Å². The van der Waals surface area contributed by atoms with Gasteiger partial charge in [-0.25, -0.2) is 0 Å². The fourth-order valence-electron chi connectivity index (χ4n) is 3.65. The number of hydrogen-bond donors (Lipinski definition) is 2. The van der Waals surface area contributed by atoms with Gasteiger partial charge in [0.05, 0.1) is 4.88 Å². The van der Waals surface area contributed by atoms with Gasteiger partial charge in [-0.3, -0.25) is 4.79 Å². The Bertz CT molecular complexity index is 719. The van der Waals surface area contributed by atoms with Gasteiger partial charge in [-0.05, 0) is 56.1 Å². The topological polar surface area (TPSA) is 52.6 Å². The third kappa shape index (κ3) is 2.86. The molecule has 5 rings (SSSR count). The van der Waals surface area contributed by atoms with Crippen LogP contribution in [-0.4, -0.2) is 41.6 Å². The Kier molecular flexibility index (Phi) is 3.83. The number of nitrogens with one attached hydrogen (secondary N) is 1. The van der Waals surface area contributed by atoms with E-state index in [9.17, 15) is 9.90 Å². The second-order valence-electron chi connectivity index (χ2n) is 6.40. The zero-order chi connectivity index (χ0) is 15.8. The molecule has 0 saturated carbocycles. The molecule has 120 valence electrons. The molecule has 1 unspecified atom stereocenters. The summed E-state index contributed by atoms with van der Waals surface area (Å²) in [6.45, 7) is 3.33. The monoisotopic (exact) mass is 328 g/mol. The number of fused-ring (bicyclic) bond motifs is 3. The van der Waals surface area contributed by atoms with Crippen molar-refractivity contribution in [1.29, 1.82) is 0 Å². The van der Waals surface area contributed by atoms with Crippen LogP contribution in [0.4, 0.5) is 0 Å². The molecule has 1 amide bonds. The number of carbonyl (C=O) groups excluding carboxylic acids is 1. The van der Waals surface area contributed by atoms with E-state index in [1.807, 2.05) is 24.3 Å². The molecule has 2 N–H and O–H groups in total. The minimum Gasteiger partial charge on any atom is -0.507 e. The Morgan fingerprint density at radius 3 is 2.65 bits per heavy atom. The smallest absolute Gasteiger partial charge is 0.261 e. The number of benzene rings is 1. The number of hydrogen-bond acceptors (Lipinski definition) is 4.